The number of nitrogens with zero attached hydrogens (tertiary/aromatic N) is 1. The molecule has 2 aromatic rings. The first-order valence-electron chi connectivity index (χ1n) is 12.5. The summed E-state index contributed by atoms with van der Waals surface area (Å²) in [5.74, 6) is -1.30. The third-order valence-electron chi connectivity index (χ3n) is 8.65. The van der Waals surface area contributed by atoms with Gasteiger partial charge in [-0.05, 0) is 73.1 Å². The van der Waals surface area contributed by atoms with Gasteiger partial charge in [-0.15, -0.1) is 0 Å². The molecular formula is C28H30N2O5. The van der Waals surface area contributed by atoms with E-state index in [1.807, 2.05) is 24.3 Å². The number of rotatable bonds is 6. The Kier molecular flexibility index (Phi) is 4.95. The molecule has 3 fully saturated rings. The highest BCUT2D eigenvalue weighted by atomic mass is 16.5. The molecule has 0 bridgehead atoms. The Labute approximate surface area is 204 Å². The van der Waals surface area contributed by atoms with Gasteiger partial charge >= 0.3 is 12.1 Å². The highest BCUT2D eigenvalue weighted by Gasteiger charge is 2.68. The van der Waals surface area contributed by atoms with E-state index in [0.29, 0.717) is 13.0 Å². The average molecular weight is 475 g/mol. The first kappa shape index (κ1) is 22.1. The molecule has 6 rings (SSSR count). The third kappa shape index (κ3) is 3.35. The van der Waals surface area contributed by atoms with Crippen LogP contribution in [0.2, 0.25) is 0 Å². The van der Waals surface area contributed by atoms with Gasteiger partial charge in [0.2, 0.25) is 5.91 Å². The first-order chi connectivity index (χ1) is 16.9. The van der Waals surface area contributed by atoms with Crippen LogP contribution in [-0.2, 0) is 14.3 Å². The number of carbonyl (C=O) groups is 3. The molecule has 182 valence electrons. The fourth-order valence-corrected chi connectivity index (χ4v) is 6.46. The van der Waals surface area contributed by atoms with E-state index in [9.17, 15) is 19.5 Å². The molecule has 7 heteroatoms. The van der Waals surface area contributed by atoms with Crippen molar-refractivity contribution in [1.29, 1.82) is 0 Å². The summed E-state index contributed by atoms with van der Waals surface area (Å²) in [7, 11) is 0. The van der Waals surface area contributed by atoms with E-state index in [1.165, 1.54) is 4.90 Å². The van der Waals surface area contributed by atoms with Crippen molar-refractivity contribution in [2.24, 2.45) is 11.8 Å². The zero-order valence-electron chi connectivity index (χ0n) is 19.8. The Morgan fingerprint density at radius 3 is 2.29 bits per heavy atom. The molecule has 2 amide bonds. The van der Waals surface area contributed by atoms with Gasteiger partial charge in [0.25, 0.3) is 0 Å². The summed E-state index contributed by atoms with van der Waals surface area (Å²) in [6, 6.07) is 16.3. The molecule has 7 nitrogen and oxygen atoms in total. The lowest BCUT2D eigenvalue weighted by molar-refractivity contribution is -0.157. The summed E-state index contributed by atoms with van der Waals surface area (Å²) in [6.07, 6.45) is 3.13. The number of hydrogen-bond donors (Lipinski definition) is 2. The van der Waals surface area contributed by atoms with E-state index in [4.69, 9.17) is 4.74 Å². The van der Waals surface area contributed by atoms with Crippen molar-refractivity contribution >= 4 is 18.0 Å². The Morgan fingerprint density at radius 1 is 1.06 bits per heavy atom. The van der Waals surface area contributed by atoms with Crippen LogP contribution < -0.4 is 5.32 Å². The van der Waals surface area contributed by atoms with E-state index < -0.39 is 23.1 Å². The molecule has 2 saturated carbocycles. The average Bonchev–Trinajstić information content (AvgIpc) is 3.77. The van der Waals surface area contributed by atoms with Crippen molar-refractivity contribution < 1.29 is 24.2 Å². The van der Waals surface area contributed by atoms with Gasteiger partial charge in [0.15, 0.2) is 0 Å². The number of fused-ring (bicyclic) bond motifs is 4. The van der Waals surface area contributed by atoms with Gasteiger partial charge in [-0.3, -0.25) is 4.79 Å². The van der Waals surface area contributed by atoms with Crippen LogP contribution in [0.1, 0.15) is 56.1 Å². The van der Waals surface area contributed by atoms with Gasteiger partial charge in [0.05, 0.1) is 0 Å². The van der Waals surface area contributed by atoms with Gasteiger partial charge < -0.3 is 20.1 Å². The lowest BCUT2D eigenvalue weighted by Crippen LogP contribution is -2.64. The fraction of sp³-hybridized carbons (Fsp3) is 0.464. The minimum Gasteiger partial charge on any atom is -0.479 e. The number of aliphatic carboxylic acids is 1. The van der Waals surface area contributed by atoms with Crippen LogP contribution in [0.15, 0.2) is 48.5 Å². The Hall–Kier alpha value is -3.35. The lowest BCUT2D eigenvalue weighted by atomic mass is 9.90. The molecule has 2 aromatic carbocycles. The molecule has 3 atom stereocenters. The second kappa shape index (κ2) is 7.83. The lowest BCUT2D eigenvalue weighted by Gasteiger charge is -2.40. The normalized spacial score (nSPS) is 26.1. The van der Waals surface area contributed by atoms with Crippen LogP contribution in [-0.4, -0.2) is 52.2 Å². The van der Waals surface area contributed by atoms with Crippen LogP contribution in [0.5, 0.6) is 0 Å². The Bertz CT molecular complexity index is 1180. The smallest absolute Gasteiger partial charge is 0.408 e. The highest BCUT2D eigenvalue weighted by molar-refractivity contribution is 5.96. The van der Waals surface area contributed by atoms with E-state index in [1.54, 1.807) is 6.92 Å². The van der Waals surface area contributed by atoms with Crippen molar-refractivity contribution in [2.45, 2.75) is 56.0 Å². The molecular weight excluding hydrogens is 444 g/mol. The minimum absolute atomic E-state index is 0.00982. The SMILES string of the molecule is CC(NC(=O)OCC1c2ccccc2-c2ccccc21)(C(=O)N1CCC[C@@H]2C[C@@]21C(=O)O)C1CC1. The quantitative estimate of drug-likeness (QED) is 0.656. The van der Waals surface area contributed by atoms with Gasteiger partial charge in [-0.25, -0.2) is 9.59 Å². The number of carbonyl (C=O) groups excluding carboxylic acids is 2. The predicted molar refractivity (Wildman–Crippen MR) is 129 cm³/mol. The maximum Gasteiger partial charge on any atom is 0.408 e. The van der Waals surface area contributed by atoms with Crippen molar-refractivity contribution in [2.75, 3.05) is 13.2 Å². The van der Waals surface area contributed by atoms with Crippen LogP contribution in [0, 0.1) is 11.8 Å². The number of likely N-dealkylation sites (tertiary alicyclic amines) is 1. The predicted octanol–water partition coefficient (Wildman–Crippen LogP) is 4.16. The maximum absolute atomic E-state index is 13.8. The second-order valence-electron chi connectivity index (χ2n) is 10.7. The number of ether oxygens (including phenoxy) is 1. The van der Waals surface area contributed by atoms with Crippen molar-refractivity contribution in [3.63, 3.8) is 0 Å². The standard InChI is InChI=1S/C28H30N2O5/c1-27(17-12-13-17,24(31)30-14-6-7-18-15-28(18,30)25(32)33)29-26(34)35-16-23-21-10-4-2-8-19(21)20-9-3-5-11-22(20)23/h2-5,8-11,17-18,23H,6-7,12-16H2,1H3,(H,29,34)(H,32,33)/t18-,27?,28+/m1/s1. The molecule has 0 spiro atoms. The van der Waals surface area contributed by atoms with Gasteiger partial charge in [0.1, 0.15) is 17.7 Å². The molecule has 4 aliphatic rings. The zero-order chi connectivity index (χ0) is 24.4. The van der Waals surface area contributed by atoms with E-state index in [-0.39, 0.29) is 30.3 Å². The fourth-order valence-electron chi connectivity index (χ4n) is 6.46. The molecule has 0 aromatic heterocycles. The molecule has 3 aliphatic carbocycles. The maximum atomic E-state index is 13.8. The zero-order valence-corrected chi connectivity index (χ0v) is 19.8. The number of amides is 2. The second-order valence-corrected chi connectivity index (χ2v) is 10.7. The summed E-state index contributed by atoms with van der Waals surface area (Å²) < 4.78 is 5.72. The third-order valence-corrected chi connectivity index (χ3v) is 8.65. The number of alkyl carbamates (subject to hydrolysis) is 1. The van der Waals surface area contributed by atoms with Crippen molar-refractivity contribution in [3.8, 4) is 11.1 Å². The molecule has 1 unspecified atom stereocenters. The Morgan fingerprint density at radius 2 is 1.69 bits per heavy atom. The van der Waals surface area contributed by atoms with E-state index >= 15 is 0 Å². The largest absolute Gasteiger partial charge is 0.479 e. The topological polar surface area (TPSA) is 95.9 Å². The number of benzene rings is 2. The van der Waals surface area contributed by atoms with Crippen molar-refractivity contribution in [3.05, 3.63) is 59.7 Å². The number of nitrogens with one attached hydrogen (secondary N) is 1. The Balaban J connectivity index is 1.19. The van der Waals surface area contributed by atoms with Gasteiger partial charge in [-0.2, -0.15) is 0 Å². The molecule has 1 saturated heterocycles. The molecule has 2 N–H and O–H groups in total. The molecule has 1 aliphatic heterocycles. The monoisotopic (exact) mass is 474 g/mol. The minimum atomic E-state index is -1.17. The molecule has 35 heavy (non-hydrogen) atoms. The van der Waals surface area contributed by atoms with Gasteiger partial charge in [0, 0.05) is 12.5 Å². The number of hydrogen-bond acceptors (Lipinski definition) is 4. The van der Waals surface area contributed by atoms with Crippen LogP contribution >= 0.6 is 0 Å². The summed E-state index contributed by atoms with van der Waals surface area (Å²) in [4.78, 5) is 40.5. The summed E-state index contributed by atoms with van der Waals surface area (Å²) in [5, 5.41) is 12.8. The van der Waals surface area contributed by atoms with Crippen LogP contribution in [0.4, 0.5) is 4.79 Å². The number of piperidine rings is 1. The van der Waals surface area contributed by atoms with E-state index in [0.717, 1.165) is 47.9 Å². The number of carboxylic acids is 1. The summed E-state index contributed by atoms with van der Waals surface area (Å²) in [5.41, 5.74) is 2.28. The van der Waals surface area contributed by atoms with Gasteiger partial charge in [-0.1, -0.05) is 48.5 Å². The summed E-state index contributed by atoms with van der Waals surface area (Å²) >= 11 is 0. The first-order valence-corrected chi connectivity index (χ1v) is 12.5. The van der Waals surface area contributed by atoms with Crippen LogP contribution in [0.3, 0.4) is 0 Å². The van der Waals surface area contributed by atoms with Crippen LogP contribution in [0.25, 0.3) is 11.1 Å². The number of carboxylic acid groups (broad SMARTS) is 1. The highest BCUT2D eigenvalue weighted by Crippen LogP contribution is 2.55. The van der Waals surface area contributed by atoms with E-state index in [2.05, 4.69) is 29.6 Å². The molecule has 0 radical (unpaired) electrons. The van der Waals surface area contributed by atoms with Crippen molar-refractivity contribution in [1.82, 2.24) is 10.2 Å². The molecule has 1 heterocycles. The summed E-state index contributed by atoms with van der Waals surface area (Å²) in [6.45, 7) is 2.31.